The van der Waals surface area contributed by atoms with Gasteiger partial charge in [0.25, 0.3) is 0 Å². The Labute approximate surface area is 98.9 Å². The molecular weight excluding hydrogens is 217 g/mol. The summed E-state index contributed by atoms with van der Waals surface area (Å²) in [5.41, 5.74) is 1.06. The van der Waals surface area contributed by atoms with E-state index in [0.29, 0.717) is 22.6 Å². The lowest BCUT2D eigenvalue weighted by Crippen LogP contribution is -1.88. The van der Waals surface area contributed by atoms with Crippen molar-refractivity contribution < 1.29 is 9.13 Å². The molecule has 0 aromatic heterocycles. The number of benzene rings is 2. The molecule has 0 radical (unpaired) electrons. The maximum Gasteiger partial charge on any atom is 0.128 e. The zero-order valence-electron chi connectivity index (χ0n) is 9.27. The molecular formula is C14H10FNO. The van der Waals surface area contributed by atoms with Crippen LogP contribution in [0, 0.1) is 24.1 Å². The van der Waals surface area contributed by atoms with Gasteiger partial charge in [-0.15, -0.1) is 0 Å². The van der Waals surface area contributed by atoms with Crippen molar-refractivity contribution in [3.63, 3.8) is 0 Å². The van der Waals surface area contributed by atoms with E-state index < -0.39 is 0 Å². The van der Waals surface area contributed by atoms with Gasteiger partial charge < -0.3 is 4.74 Å². The van der Waals surface area contributed by atoms with Gasteiger partial charge in [-0.1, -0.05) is 6.07 Å². The fraction of sp³-hybridized carbons (Fsp3) is 0.0714. The molecule has 17 heavy (non-hydrogen) atoms. The number of hydrogen-bond acceptors (Lipinski definition) is 2. The molecule has 2 aromatic carbocycles. The minimum Gasteiger partial charge on any atom is -0.457 e. The van der Waals surface area contributed by atoms with E-state index in [0.717, 1.165) is 0 Å². The quantitative estimate of drug-likeness (QED) is 0.781. The molecule has 84 valence electrons. The number of rotatable bonds is 2. The van der Waals surface area contributed by atoms with E-state index in [-0.39, 0.29) is 5.82 Å². The summed E-state index contributed by atoms with van der Waals surface area (Å²) in [6.45, 7) is 1.67. The first kappa shape index (κ1) is 11.2. The second-order valence-electron chi connectivity index (χ2n) is 3.65. The van der Waals surface area contributed by atoms with Gasteiger partial charge in [0.15, 0.2) is 0 Å². The molecule has 0 aliphatic heterocycles. The normalized spacial score (nSPS) is 9.71. The van der Waals surface area contributed by atoms with Crippen LogP contribution < -0.4 is 4.74 Å². The van der Waals surface area contributed by atoms with E-state index >= 15 is 0 Å². The van der Waals surface area contributed by atoms with Crippen molar-refractivity contribution in [2.75, 3.05) is 0 Å². The highest BCUT2D eigenvalue weighted by atomic mass is 19.1. The van der Waals surface area contributed by atoms with Gasteiger partial charge in [-0.2, -0.15) is 5.26 Å². The fourth-order valence-electron chi connectivity index (χ4n) is 1.45. The number of halogens is 1. The molecule has 2 nitrogen and oxygen atoms in total. The highest BCUT2D eigenvalue weighted by Crippen LogP contribution is 2.23. The Morgan fingerprint density at radius 2 is 1.88 bits per heavy atom. The van der Waals surface area contributed by atoms with E-state index in [1.54, 1.807) is 43.3 Å². The Balaban J connectivity index is 2.25. The summed E-state index contributed by atoms with van der Waals surface area (Å²) in [4.78, 5) is 0. The first-order chi connectivity index (χ1) is 8.19. The standard InChI is InChI=1S/C14H10FNO/c1-10-7-13(5-6-14(10)15)17-12-4-2-3-11(8-12)9-16/h2-8H,1H3. The summed E-state index contributed by atoms with van der Waals surface area (Å²) in [6, 6.07) is 13.4. The molecule has 0 spiro atoms. The molecule has 0 saturated carbocycles. The van der Waals surface area contributed by atoms with Crippen molar-refractivity contribution in [3.8, 4) is 17.6 Å². The van der Waals surface area contributed by atoms with Gasteiger partial charge in [0.1, 0.15) is 17.3 Å². The summed E-state index contributed by atoms with van der Waals surface area (Å²) >= 11 is 0. The largest absolute Gasteiger partial charge is 0.457 e. The summed E-state index contributed by atoms with van der Waals surface area (Å²) in [6.07, 6.45) is 0. The maximum absolute atomic E-state index is 13.1. The van der Waals surface area contributed by atoms with Crippen molar-refractivity contribution >= 4 is 0 Å². The lowest BCUT2D eigenvalue weighted by molar-refractivity contribution is 0.479. The van der Waals surface area contributed by atoms with Crippen LogP contribution in [0.5, 0.6) is 11.5 Å². The number of ether oxygens (including phenoxy) is 1. The van der Waals surface area contributed by atoms with Crippen molar-refractivity contribution in [3.05, 3.63) is 59.4 Å². The first-order valence-electron chi connectivity index (χ1n) is 5.13. The number of nitriles is 1. The predicted octanol–water partition coefficient (Wildman–Crippen LogP) is 3.80. The van der Waals surface area contributed by atoms with Gasteiger partial charge in [0.2, 0.25) is 0 Å². The van der Waals surface area contributed by atoms with Crippen molar-refractivity contribution in [2.24, 2.45) is 0 Å². The third-order valence-corrected chi connectivity index (χ3v) is 2.33. The second kappa shape index (κ2) is 4.67. The molecule has 0 aliphatic rings. The highest BCUT2D eigenvalue weighted by Gasteiger charge is 2.02. The Kier molecular flexibility index (Phi) is 3.06. The van der Waals surface area contributed by atoms with Gasteiger partial charge in [0, 0.05) is 0 Å². The molecule has 3 heteroatoms. The van der Waals surface area contributed by atoms with Crippen LogP contribution in [0.25, 0.3) is 0 Å². The molecule has 0 amide bonds. The molecule has 0 aliphatic carbocycles. The fourth-order valence-corrected chi connectivity index (χ4v) is 1.45. The molecule has 0 atom stereocenters. The molecule has 0 unspecified atom stereocenters. The zero-order valence-corrected chi connectivity index (χ0v) is 9.27. The second-order valence-corrected chi connectivity index (χ2v) is 3.65. The van der Waals surface area contributed by atoms with Crippen LogP contribution >= 0.6 is 0 Å². The van der Waals surface area contributed by atoms with E-state index in [2.05, 4.69) is 0 Å². The lowest BCUT2D eigenvalue weighted by Gasteiger charge is -2.06. The third-order valence-electron chi connectivity index (χ3n) is 2.33. The molecule has 0 heterocycles. The average Bonchev–Trinajstić information content (AvgIpc) is 2.34. The van der Waals surface area contributed by atoms with Gasteiger partial charge in [-0.25, -0.2) is 4.39 Å². The topological polar surface area (TPSA) is 33.0 Å². The lowest BCUT2D eigenvalue weighted by atomic mass is 10.2. The Bertz CT molecular complexity index is 587. The van der Waals surface area contributed by atoms with E-state index in [4.69, 9.17) is 10.00 Å². The van der Waals surface area contributed by atoms with E-state index in [1.165, 1.54) is 6.07 Å². The summed E-state index contributed by atoms with van der Waals surface area (Å²) in [5, 5.41) is 8.75. The minimum atomic E-state index is -0.261. The van der Waals surface area contributed by atoms with Gasteiger partial charge in [0.05, 0.1) is 11.6 Å². The van der Waals surface area contributed by atoms with E-state index in [9.17, 15) is 4.39 Å². The summed E-state index contributed by atoms with van der Waals surface area (Å²) in [5.74, 6) is 0.858. The van der Waals surface area contributed by atoms with Crippen molar-refractivity contribution in [1.82, 2.24) is 0 Å². The molecule has 0 saturated heterocycles. The summed E-state index contributed by atoms with van der Waals surface area (Å²) in [7, 11) is 0. The van der Waals surface area contributed by atoms with Crippen LogP contribution in [0.15, 0.2) is 42.5 Å². The maximum atomic E-state index is 13.1. The molecule has 0 N–H and O–H groups in total. The zero-order chi connectivity index (χ0) is 12.3. The van der Waals surface area contributed by atoms with Crippen molar-refractivity contribution in [1.29, 1.82) is 5.26 Å². The van der Waals surface area contributed by atoms with Crippen LogP contribution in [-0.2, 0) is 0 Å². The molecule has 2 rings (SSSR count). The van der Waals surface area contributed by atoms with Crippen LogP contribution in [0.4, 0.5) is 4.39 Å². The monoisotopic (exact) mass is 227 g/mol. The van der Waals surface area contributed by atoms with Gasteiger partial charge in [-0.05, 0) is 48.9 Å². The third kappa shape index (κ3) is 2.61. The minimum absolute atomic E-state index is 0.261. The first-order valence-corrected chi connectivity index (χ1v) is 5.13. The number of nitrogens with zero attached hydrogens (tertiary/aromatic N) is 1. The highest BCUT2D eigenvalue weighted by molar-refractivity contribution is 5.39. The molecule has 2 aromatic rings. The van der Waals surface area contributed by atoms with E-state index in [1.807, 2.05) is 6.07 Å². The average molecular weight is 227 g/mol. The Morgan fingerprint density at radius 3 is 2.59 bits per heavy atom. The Hall–Kier alpha value is -2.34. The number of aryl methyl sites for hydroxylation is 1. The Morgan fingerprint density at radius 1 is 1.12 bits per heavy atom. The van der Waals surface area contributed by atoms with Crippen molar-refractivity contribution in [2.45, 2.75) is 6.92 Å². The molecule has 0 bridgehead atoms. The van der Waals surface area contributed by atoms with Gasteiger partial charge in [-0.3, -0.25) is 0 Å². The van der Waals surface area contributed by atoms with Crippen LogP contribution in [0.1, 0.15) is 11.1 Å². The van der Waals surface area contributed by atoms with Crippen LogP contribution in [0.2, 0.25) is 0 Å². The smallest absolute Gasteiger partial charge is 0.128 e. The van der Waals surface area contributed by atoms with Crippen LogP contribution in [-0.4, -0.2) is 0 Å². The SMILES string of the molecule is Cc1cc(Oc2cccc(C#N)c2)ccc1F. The van der Waals surface area contributed by atoms with Gasteiger partial charge >= 0.3 is 0 Å². The predicted molar refractivity (Wildman–Crippen MR) is 62.4 cm³/mol. The van der Waals surface area contributed by atoms with Crippen LogP contribution in [0.3, 0.4) is 0 Å². The number of hydrogen-bond donors (Lipinski definition) is 0. The molecule has 0 fully saturated rings. The summed E-state index contributed by atoms with van der Waals surface area (Å²) < 4.78 is 18.6.